The van der Waals surface area contributed by atoms with Crippen LogP contribution in [0.25, 0.3) is 0 Å². The Morgan fingerprint density at radius 1 is 1.36 bits per heavy atom. The summed E-state index contributed by atoms with van der Waals surface area (Å²) in [7, 11) is 0. The molecule has 0 aromatic heterocycles. The number of nitro groups is 1. The summed E-state index contributed by atoms with van der Waals surface area (Å²) < 4.78 is 18.6. The topological polar surface area (TPSA) is 69.4 Å². The number of nitro benzene ring substituents is 1. The number of esters is 1. The van der Waals surface area contributed by atoms with Gasteiger partial charge < -0.3 is 4.74 Å². The monoisotopic (exact) mass is 323 g/mol. The quantitative estimate of drug-likeness (QED) is 0.371. The van der Waals surface area contributed by atoms with Crippen LogP contribution in [-0.4, -0.2) is 10.9 Å². The minimum Gasteiger partial charge on any atom is -0.419 e. The van der Waals surface area contributed by atoms with Gasteiger partial charge in [-0.15, -0.1) is 0 Å². The van der Waals surface area contributed by atoms with Gasteiger partial charge in [-0.25, -0.2) is 4.39 Å². The van der Waals surface area contributed by atoms with Crippen LogP contribution in [0.3, 0.4) is 0 Å². The van der Waals surface area contributed by atoms with E-state index >= 15 is 0 Å². The minimum absolute atomic E-state index is 0.00975. The van der Waals surface area contributed by atoms with Crippen LogP contribution in [0.5, 0.6) is 5.75 Å². The highest BCUT2D eigenvalue weighted by Crippen LogP contribution is 2.28. The predicted molar refractivity (Wildman–Crippen MR) is 78.6 cm³/mol. The number of nitrogens with zero attached hydrogens (tertiary/aromatic N) is 1. The van der Waals surface area contributed by atoms with Gasteiger partial charge in [0.05, 0.1) is 11.3 Å². The summed E-state index contributed by atoms with van der Waals surface area (Å²) in [5.74, 6) is -1.65. The largest absolute Gasteiger partial charge is 0.419 e. The molecule has 0 amide bonds. The molecule has 0 radical (unpaired) electrons. The first-order chi connectivity index (χ1) is 10.4. The van der Waals surface area contributed by atoms with Crippen molar-refractivity contribution >= 4 is 23.3 Å². The summed E-state index contributed by atoms with van der Waals surface area (Å²) in [6.45, 7) is 1.70. The van der Waals surface area contributed by atoms with Crippen molar-refractivity contribution in [1.29, 1.82) is 0 Å². The second kappa shape index (κ2) is 6.53. The van der Waals surface area contributed by atoms with Crippen molar-refractivity contribution in [2.24, 2.45) is 0 Å². The summed E-state index contributed by atoms with van der Waals surface area (Å²) in [6, 6.07) is 8.18. The number of carbonyl (C=O) groups is 1. The molecule has 0 bridgehead atoms. The molecule has 0 aliphatic heterocycles. The minimum atomic E-state index is -0.833. The molecular formula is C15H11ClFNO4. The SMILES string of the molecule is Cc1ccc([N+](=O)[O-])c(OC(=O)Cc2c(F)cccc2Cl)c1. The fourth-order valence-corrected chi connectivity index (χ4v) is 2.09. The fraction of sp³-hybridized carbons (Fsp3) is 0.133. The summed E-state index contributed by atoms with van der Waals surface area (Å²) in [5, 5.41) is 11.0. The zero-order chi connectivity index (χ0) is 16.3. The van der Waals surface area contributed by atoms with E-state index in [1.54, 1.807) is 6.92 Å². The molecule has 0 heterocycles. The third-order valence-corrected chi connectivity index (χ3v) is 3.27. The van der Waals surface area contributed by atoms with Crippen molar-refractivity contribution < 1.29 is 18.8 Å². The van der Waals surface area contributed by atoms with Gasteiger partial charge in [0.15, 0.2) is 0 Å². The van der Waals surface area contributed by atoms with E-state index in [1.165, 1.54) is 36.4 Å². The molecule has 22 heavy (non-hydrogen) atoms. The van der Waals surface area contributed by atoms with Gasteiger partial charge in [-0.05, 0) is 30.7 Å². The molecule has 114 valence electrons. The lowest BCUT2D eigenvalue weighted by molar-refractivity contribution is -0.385. The summed E-state index contributed by atoms with van der Waals surface area (Å²) in [4.78, 5) is 22.2. The number of hydrogen-bond donors (Lipinski definition) is 0. The molecule has 0 saturated heterocycles. The van der Waals surface area contributed by atoms with Crippen molar-refractivity contribution in [3.63, 3.8) is 0 Å². The van der Waals surface area contributed by atoms with E-state index < -0.39 is 23.1 Å². The molecule has 0 atom stereocenters. The Morgan fingerprint density at radius 3 is 2.73 bits per heavy atom. The molecule has 2 rings (SSSR count). The number of benzene rings is 2. The maximum atomic E-state index is 13.6. The second-order valence-corrected chi connectivity index (χ2v) is 4.99. The lowest BCUT2D eigenvalue weighted by atomic mass is 10.1. The molecule has 0 spiro atoms. The standard InChI is InChI=1S/C15H11ClFNO4/c1-9-5-6-13(18(20)21)14(7-9)22-15(19)8-10-11(16)3-2-4-12(10)17/h2-7H,8H2,1H3. The highest BCUT2D eigenvalue weighted by atomic mass is 35.5. The zero-order valence-electron chi connectivity index (χ0n) is 11.5. The number of hydrogen-bond acceptors (Lipinski definition) is 4. The van der Waals surface area contributed by atoms with E-state index in [-0.39, 0.29) is 22.0 Å². The summed E-state index contributed by atoms with van der Waals surface area (Å²) in [6.07, 6.45) is -0.420. The van der Waals surface area contributed by atoms with Crippen molar-refractivity contribution in [3.8, 4) is 5.75 Å². The van der Waals surface area contributed by atoms with Crippen LogP contribution in [0.4, 0.5) is 10.1 Å². The van der Waals surface area contributed by atoms with Crippen LogP contribution in [0.2, 0.25) is 5.02 Å². The van der Waals surface area contributed by atoms with E-state index in [0.29, 0.717) is 5.56 Å². The average molecular weight is 324 g/mol. The van der Waals surface area contributed by atoms with E-state index in [4.69, 9.17) is 16.3 Å². The zero-order valence-corrected chi connectivity index (χ0v) is 12.3. The van der Waals surface area contributed by atoms with Gasteiger partial charge in [0.2, 0.25) is 5.75 Å². The van der Waals surface area contributed by atoms with E-state index in [0.717, 1.165) is 0 Å². The summed E-state index contributed by atoms with van der Waals surface area (Å²) in [5.41, 5.74) is 0.348. The lowest BCUT2D eigenvalue weighted by Gasteiger charge is -2.07. The Balaban J connectivity index is 2.23. The normalized spacial score (nSPS) is 10.3. The number of rotatable bonds is 4. The molecule has 0 fully saturated rings. The molecular weight excluding hydrogens is 313 g/mol. The number of carbonyl (C=O) groups excluding carboxylic acids is 1. The van der Waals surface area contributed by atoms with Crippen LogP contribution < -0.4 is 4.74 Å². The van der Waals surface area contributed by atoms with Crippen LogP contribution in [-0.2, 0) is 11.2 Å². The third-order valence-electron chi connectivity index (χ3n) is 2.92. The van der Waals surface area contributed by atoms with Crippen LogP contribution >= 0.6 is 11.6 Å². The van der Waals surface area contributed by atoms with Gasteiger partial charge >= 0.3 is 11.7 Å². The van der Waals surface area contributed by atoms with Gasteiger partial charge in [0.1, 0.15) is 5.82 Å². The number of halogens is 2. The predicted octanol–water partition coefficient (Wildman–Crippen LogP) is 3.84. The second-order valence-electron chi connectivity index (χ2n) is 4.58. The number of ether oxygens (including phenoxy) is 1. The Bertz CT molecular complexity index is 728. The van der Waals surface area contributed by atoms with Gasteiger partial charge in [-0.3, -0.25) is 14.9 Å². The fourth-order valence-electron chi connectivity index (χ4n) is 1.86. The lowest BCUT2D eigenvalue weighted by Crippen LogP contribution is -2.13. The van der Waals surface area contributed by atoms with Crippen LogP contribution in [0.1, 0.15) is 11.1 Å². The molecule has 2 aromatic rings. The van der Waals surface area contributed by atoms with Crippen LogP contribution in [0, 0.1) is 22.9 Å². The maximum absolute atomic E-state index is 13.6. The van der Waals surface area contributed by atoms with Gasteiger partial charge in [0.25, 0.3) is 0 Å². The van der Waals surface area contributed by atoms with Crippen molar-refractivity contribution in [3.05, 3.63) is 68.5 Å². The summed E-state index contributed by atoms with van der Waals surface area (Å²) >= 11 is 5.83. The molecule has 0 unspecified atom stereocenters. The Morgan fingerprint density at radius 2 is 2.09 bits per heavy atom. The van der Waals surface area contributed by atoms with Crippen molar-refractivity contribution in [1.82, 2.24) is 0 Å². The van der Waals surface area contributed by atoms with E-state index in [2.05, 4.69) is 0 Å². The molecule has 0 aliphatic rings. The first-order valence-electron chi connectivity index (χ1n) is 6.27. The highest BCUT2D eigenvalue weighted by molar-refractivity contribution is 6.31. The van der Waals surface area contributed by atoms with Gasteiger partial charge in [0, 0.05) is 16.7 Å². The molecule has 0 aliphatic carbocycles. The van der Waals surface area contributed by atoms with Gasteiger partial charge in [-0.2, -0.15) is 0 Å². The van der Waals surface area contributed by atoms with Crippen molar-refractivity contribution in [2.75, 3.05) is 0 Å². The first-order valence-corrected chi connectivity index (χ1v) is 6.65. The smallest absolute Gasteiger partial charge is 0.316 e. The van der Waals surface area contributed by atoms with Gasteiger partial charge in [-0.1, -0.05) is 23.7 Å². The molecule has 0 saturated carbocycles. The molecule has 7 heteroatoms. The van der Waals surface area contributed by atoms with E-state index in [9.17, 15) is 19.3 Å². The molecule has 5 nitrogen and oxygen atoms in total. The third kappa shape index (κ3) is 3.59. The molecule has 0 N–H and O–H groups in total. The molecule has 2 aromatic carbocycles. The Labute approximate surface area is 130 Å². The highest BCUT2D eigenvalue weighted by Gasteiger charge is 2.20. The Hall–Kier alpha value is -2.47. The average Bonchev–Trinajstić information content (AvgIpc) is 2.43. The first kappa shape index (κ1) is 15.9. The Kier molecular flexibility index (Phi) is 4.72. The van der Waals surface area contributed by atoms with Crippen LogP contribution in [0.15, 0.2) is 36.4 Å². The van der Waals surface area contributed by atoms with E-state index in [1.807, 2.05) is 0 Å². The number of aryl methyl sites for hydroxylation is 1. The van der Waals surface area contributed by atoms with Crippen molar-refractivity contribution in [2.45, 2.75) is 13.3 Å². The maximum Gasteiger partial charge on any atom is 0.316 e.